The van der Waals surface area contributed by atoms with E-state index in [4.69, 9.17) is 8.98 Å². The minimum atomic E-state index is -4.43. The first-order valence-corrected chi connectivity index (χ1v) is 7.51. The van der Waals surface area contributed by atoms with Gasteiger partial charge in [0.15, 0.2) is 0 Å². The van der Waals surface area contributed by atoms with E-state index in [1.54, 1.807) is 0 Å². The summed E-state index contributed by atoms with van der Waals surface area (Å²) in [6, 6.07) is 5.39. The van der Waals surface area contributed by atoms with Crippen molar-refractivity contribution in [3.05, 3.63) is 29.8 Å². The van der Waals surface area contributed by atoms with Crippen LogP contribution in [0.25, 0.3) is 0 Å². The highest BCUT2D eigenvalue weighted by Crippen LogP contribution is 2.22. The predicted octanol–water partition coefficient (Wildman–Crippen LogP) is 1.93. The van der Waals surface area contributed by atoms with Crippen molar-refractivity contribution >= 4 is 25.9 Å². The Balaban J connectivity index is 3.01. The van der Waals surface area contributed by atoms with E-state index in [0.29, 0.717) is 0 Å². The fourth-order valence-corrected chi connectivity index (χ4v) is 2.30. The fourth-order valence-electron chi connectivity index (χ4n) is 1.11. The molecule has 7 heteroatoms. The van der Waals surface area contributed by atoms with Crippen molar-refractivity contribution in [2.45, 2.75) is 30.7 Å². The standard InChI is InChI=1S/C11H14O5SSi/c1-11(2,3)18-16-10(12)8-6-4-5-7-9(8)17(13,14)15/h4-7H,1-3H3,(H,13,14,15). The zero-order valence-electron chi connectivity index (χ0n) is 10.3. The predicted molar refractivity (Wildman–Crippen MR) is 67.1 cm³/mol. The zero-order valence-corrected chi connectivity index (χ0v) is 12.1. The van der Waals surface area contributed by atoms with Gasteiger partial charge in [-0.15, -0.1) is 0 Å². The van der Waals surface area contributed by atoms with Crippen LogP contribution in [0.2, 0.25) is 5.04 Å². The largest absolute Gasteiger partial charge is 0.512 e. The van der Waals surface area contributed by atoms with Crippen molar-refractivity contribution in [3.63, 3.8) is 0 Å². The lowest BCUT2D eigenvalue weighted by atomic mass is 10.2. The molecule has 0 atom stereocenters. The van der Waals surface area contributed by atoms with Crippen LogP contribution in [0.1, 0.15) is 31.1 Å². The molecule has 0 aliphatic heterocycles. The molecule has 0 amide bonds. The van der Waals surface area contributed by atoms with Gasteiger partial charge in [-0.05, 0) is 17.2 Å². The van der Waals surface area contributed by atoms with Gasteiger partial charge in [0.2, 0.25) is 0 Å². The molecule has 0 bridgehead atoms. The smallest absolute Gasteiger partial charge is 0.326 e. The lowest BCUT2D eigenvalue weighted by Gasteiger charge is -2.15. The van der Waals surface area contributed by atoms with E-state index in [9.17, 15) is 13.2 Å². The first-order valence-electron chi connectivity index (χ1n) is 5.16. The Kier molecular flexibility index (Phi) is 4.31. The Labute approximate surface area is 109 Å². The third kappa shape index (κ3) is 4.24. The number of carbonyl (C=O) groups is 1. The van der Waals surface area contributed by atoms with Crippen LogP contribution in [0.15, 0.2) is 29.2 Å². The molecule has 5 nitrogen and oxygen atoms in total. The summed E-state index contributed by atoms with van der Waals surface area (Å²) in [7, 11) is -4.53. The Morgan fingerprint density at radius 2 is 1.83 bits per heavy atom. The van der Waals surface area contributed by atoms with E-state index in [1.165, 1.54) is 18.2 Å². The van der Waals surface area contributed by atoms with Gasteiger partial charge in [-0.1, -0.05) is 32.9 Å². The van der Waals surface area contributed by atoms with E-state index in [1.807, 2.05) is 20.8 Å². The normalized spacial score (nSPS) is 12.2. The summed E-state index contributed by atoms with van der Waals surface area (Å²) in [5.74, 6) is -0.753. The highest BCUT2D eigenvalue weighted by Gasteiger charge is 2.23. The fraction of sp³-hybridized carbons (Fsp3) is 0.364. The van der Waals surface area contributed by atoms with Crippen molar-refractivity contribution in [2.24, 2.45) is 0 Å². The van der Waals surface area contributed by atoms with Gasteiger partial charge >= 0.3 is 15.7 Å². The first-order chi connectivity index (χ1) is 8.11. The number of hydrogen-bond acceptors (Lipinski definition) is 4. The van der Waals surface area contributed by atoms with Crippen molar-refractivity contribution < 1.29 is 22.2 Å². The molecule has 0 saturated carbocycles. The van der Waals surface area contributed by atoms with Crippen LogP contribution >= 0.6 is 0 Å². The van der Waals surface area contributed by atoms with Gasteiger partial charge in [0.05, 0.1) is 5.56 Å². The number of carbonyl (C=O) groups excluding carboxylic acids is 1. The van der Waals surface area contributed by atoms with Gasteiger partial charge in [-0.2, -0.15) is 8.42 Å². The molecule has 0 aliphatic rings. The number of hydrogen-bond donors (Lipinski definition) is 1. The lowest BCUT2D eigenvalue weighted by molar-refractivity contribution is 0.0730. The second-order valence-corrected chi connectivity index (χ2v) is 8.01. The zero-order chi connectivity index (χ0) is 14.0. The van der Waals surface area contributed by atoms with E-state index in [2.05, 4.69) is 0 Å². The Bertz CT molecular complexity index is 545. The van der Waals surface area contributed by atoms with Crippen LogP contribution in [0.3, 0.4) is 0 Å². The maximum atomic E-state index is 11.8. The quantitative estimate of drug-likeness (QED) is 0.678. The molecule has 0 spiro atoms. The van der Waals surface area contributed by atoms with Crippen molar-refractivity contribution in [1.82, 2.24) is 0 Å². The molecule has 98 valence electrons. The summed E-state index contributed by atoms with van der Waals surface area (Å²) in [6.07, 6.45) is 0. The third-order valence-electron chi connectivity index (χ3n) is 1.83. The Hall–Kier alpha value is -1.18. The summed E-state index contributed by atoms with van der Waals surface area (Å²) < 4.78 is 36.3. The van der Waals surface area contributed by atoms with E-state index >= 15 is 0 Å². The highest BCUT2D eigenvalue weighted by atomic mass is 32.2. The molecule has 0 fully saturated rings. The summed E-state index contributed by atoms with van der Waals surface area (Å²) in [4.78, 5) is 11.3. The second kappa shape index (κ2) is 5.21. The average molecular weight is 286 g/mol. The molecule has 0 unspecified atom stereocenters. The van der Waals surface area contributed by atoms with Crippen LogP contribution in [0.5, 0.6) is 0 Å². The topological polar surface area (TPSA) is 80.7 Å². The van der Waals surface area contributed by atoms with E-state index in [0.717, 1.165) is 6.07 Å². The number of benzene rings is 1. The summed E-state index contributed by atoms with van der Waals surface area (Å²) in [5, 5.41) is -0.192. The maximum Gasteiger partial charge on any atom is 0.326 e. The van der Waals surface area contributed by atoms with Crippen molar-refractivity contribution in [3.8, 4) is 0 Å². The minimum Gasteiger partial charge on any atom is -0.512 e. The van der Waals surface area contributed by atoms with Gasteiger partial charge in [-0.3, -0.25) is 4.55 Å². The first kappa shape index (κ1) is 14.9. The summed E-state index contributed by atoms with van der Waals surface area (Å²) in [6.45, 7) is 5.69. The lowest BCUT2D eigenvalue weighted by Crippen LogP contribution is -2.19. The minimum absolute atomic E-state index is 0.0988. The molecular formula is C11H14O5SSi. The molecular weight excluding hydrogens is 272 g/mol. The summed E-state index contributed by atoms with van der Waals surface area (Å²) in [5.41, 5.74) is -0.156. The summed E-state index contributed by atoms with van der Waals surface area (Å²) >= 11 is 0. The number of rotatable bonds is 3. The molecule has 18 heavy (non-hydrogen) atoms. The average Bonchev–Trinajstić information content (AvgIpc) is 2.24. The van der Waals surface area contributed by atoms with Crippen LogP contribution in [-0.4, -0.2) is 28.7 Å². The van der Waals surface area contributed by atoms with Gasteiger partial charge in [0.1, 0.15) is 4.90 Å². The molecule has 0 aromatic heterocycles. The van der Waals surface area contributed by atoms with Gasteiger partial charge in [-0.25, -0.2) is 4.79 Å². The van der Waals surface area contributed by atoms with Crippen LogP contribution in [-0.2, 0) is 14.5 Å². The molecule has 2 radical (unpaired) electrons. The maximum absolute atomic E-state index is 11.8. The van der Waals surface area contributed by atoms with Gasteiger partial charge in [0.25, 0.3) is 10.1 Å². The SMILES string of the molecule is CC(C)(C)[Si]OC(=O)c1ccccc1S(=O)(=O)O. The molecule has 1 aromatic carbocycles. The molecule has 0 aliphatic carbocycles. The van der Waals surface area contributed by atoms with Crippen LogP contribution < -0.4 is 0 Å². The second-order valence-electron chi connectivity index (χ2n) is 4.71. The Morgan fingerprint density at radius 1 is 1.28 bits per heavy atom. The van der Waals surface area contributed by atoms with Gasteiger partial charge < -0.3 is 4.43 Å². The molecule has 1 aromatic rings. The third-order valence-corrected chi connectivity index (χ3v) is 3.65. The van der Waals surface area contributed by atoms with E-state index in [-0.39, 0.29) is 20.4 Å². The Morgan fingerprint density at radius 3 is 2.33 bits per heavy atom. The monoisotopic (exact) mass is 286 g/mol. The molecule has 0 saturated heterocycles. The molecule has 1 N–H and O–H groups in total. The van der Waals surface area contributed by atoms with Gasteiger partial charge in [0, 0.05) is 0 Å². The highest BCUT2D eigenvalue weighted by molar-refractivity contribution is 7.86. The molecule has 1 rings (SSSR count). The van der Waals surface area contributed by atoms with Crippen molar-refractivity contribution in [1.29, 1.82) is 0 Å². The van der Waals surface area contributed by atoms with Crippen molar-refractivity contribution in [2.75, 3.05) is 0 Å². The molecule has 0 heterocycles. The van der Waals surface area contributed by atoms with Crippen LogP contribution in [0, 0.1) is 0 Å². The van der Waals surface area contributed by atoms with E-state index < -0.39 is 21.0 Å². The van der Waals surface area contributed by atoms with Crippen LogP contribution in [0.4, 0.5) is 0 Å².